The molecule has 2 heterocycles. The van der Waals surface area contributed by atoms with Crippen LogP contribution in [0.5, 0.6) is 11.5 Å². The van der Waals surface area contributed by atoms with Crippen molar-refractivity contribution in [2.45, 2.75) is 18.9 Å². The van der Waals surface area contributed by atoms with Gasteiger partial charge in [0.2, 0.25) is 0 Å². The summed E-state index contributed by atoms with van der Waals surface area (Å²) in [6.45, 7) is 2.05. The number of nitrogens with one attached hydrogen (secondary N) is 1. The molecule has 4 nitrogen and oxygen atoms in total. The van der Waals surface area contributed by atoms with Crippen LogP contribution in [0.2, 0.25) is 0 Å². The number of ether oxygens (including phenoxy) is 2. The van der Waals surface area contributed by atoms with E-state index in [4.69, 9.17) is 9.47 Å². The molecule has 0 bridgehead atoms. The van der Waals surface area contributed by atoms with Gasteiger partial charge in [0, 0.05) is 11.6 Å². The molecule has 0 spiro atoms. The number of hydrogen-bond donors (Lipinski definition) is 1. The van der Waals surface area contributed by atoms with E-state index in [0.717, 1.165) is 48.3 Å². The molecular formula is C15H19ClN2O2. The van der Waals surface area contributed by atoms with Crippen molar-refractivity contribution in [2.75, 3.05) is 20.2 Å². The highest BCUT2D eigenvalue weighted by atomic mass is 35.5. The Kier molecular flexibility index (Phi) is 5.04. The lowest BCUT2D eigenvalue weighted by Crippen LogP contribution is -2.34. The molecule has 3 rings (SSSR count). The Morgan fingerprint density at radius 2 is 2.00 bits per heavy atom. The van der Waals surface area contributed by atoms with Gasteiger partial charge in [-0.25, -0.2) is 0 Å². The third-order valence-electron chi connectivity index (χ3n) is 3.49. The van der Waals surface area contributed by atoms with Crippen molar-refractivity contribution in [2.24, 2.45) is 0 Å². The van der Waals surface area contributed by atoms with Gasteiger partial charge in [-0.15, -0.1) is 12.4 Å². The van der Waals surface area contributed by atoms with Crippen molar-refractivity contribution < 1.29 is 9.47 Å². The Morgan fingerprint density at radius 3 is 2.75 bits per heavy atom. The predicted octanol–water partition coefficient (Wildman–Crippen LogP) is 2.80. The maximum Gasteiger partial charge on any atom is 0.130 e. The van der Waals surface area contributed by atoms with Crippen molar-refractivity contribution in [1.82, 2.24) is 10.3 Å². The molecular weight excluding hydrogens is 276 g/mol. The fourth-order valence-corrected chi connectivity index (χ4v) is 2.42. The molecule has 1 aliphatic heterocycles. The summed E-state index contributed by atoms with van der Waals surface area (Å²) >= 11 is 0. The minimum atomic E-state index is 0. The fraction of sp³-hybridized carbons (Fsp3) is 0.400. The van der Waals surface area contributed by atoms with Gasteiger partial charge < -0.3 is 14.8 Å². The number of nitrogens with zero attached hydrogens (tertiary/aromatic N) is 1. The molecule has 0 atom stereocenters. The Balaban J connectivity index is 0.00000147. The van der Waals surface area contributed by atoms with Crippen molar-refractivity contribution >= 4 is 23.3 Å². The topological polar surface area (TPSA) is 43.4 Å². The highest BCUT2D eigenvalue weighted by Crippen LogP contribution is 2.29. The van der Waals surface area contributed by atoms with Crippen LogP contribution in [0.25, 0.3) is 10.9 Å². The predicted molar refractivity (Wildman–Crippen MR) is 82.1 cm³/mol. The van der Waals surface area contributed by atoms with Gasteiger partial charge in [0.1, 0.15) is 17.6 Å². The van der Waals surface area contributed by atoms with Gasteiger partial charge in [-0.05, 0) is 50.2 Å². The first-order valence-corrected chi connectivity index (χ1v) is 6.67. The summed E-state index contributed by atoms with van der Waals surface area (Å²) in [6.07, 6.45) is 4.19. The number of hydrogen-bond acceptors (Lipinski definition) is 4. The van der Waals surface area contributed by atoms with Gasteiger partial charge in [-0.3, -0.25) is 4.98 Å². The third-order valence-corrected chi connectivity index (χ3v) is 3.49. The van der Waals surface area contributed by atoms with Gasteiger partial charge in [0.25, 0.3) is 0 Å². The molecule has 1 fully saturated rings. The monoisotopic (exact) mass is 294 g/mol. The molecule has 1 aliphatic rings. The van der Waals surface area contributed by atoms with Crippen LogP contribution in [0.1, 0.15) is 12.8 Å². The molecule has 0 saturated carbocycles. The average Bonchev–Trinajstić information content (AvgIpc) is 2.48. The van der Waals surface area contributed by atoms with Gasteiger partial charge >= 0.3 is 0 Å². The summed E-state index contributed by atoms with van der Waals surface area (Å²) in [5.74, 6) is 1.73. The molecule has 1 aromatic heterocycles. The average molecular weight is 295 g/mol. The zero-order chi connectivity index (χ0) is 13.1. The highest BCUT2D eigenvalue weighted by molar-refractivity contribution is 5.86. The number of fused-ring (bicyclic) bond motifs is 1. The number of aromatic nitrogens is 1. The first-order chi connectivity index (χ1) is 9.36. The van der Waals surface area contributed by atoms with Gasteiger partial charge in [0.15, 0.2) is 0 Å². The van der Waals surface area contributed by atoms with E-state index in [-0.39, 0.29) is 18.5 Å². The SMILES string of the molecule is COc1ccc2nccc(OC3CCNCC3)c2c1.Cl. The van der Waals surface area contributed by atoms with Gasteiger partial charge in [0.05, 0.1) is 12.6 Å². The Morgan fingerprint density at radius 1 is 1.20 bits per heavy atom. The maximum atomic E-state index is 6.13. The van der Waals surface area contributed by atoms with Crippen LogP contribution < -0.4 is 14.8 Å². The van der Waals surface area contributed by atoms with Crippen molar-refractivity contribution in [3.63, 3.8) is 0 Å². The van der Waals surface area contributed by atoms with Gasteiger partial charge in [-0.1, -0.05) is 0 Å². The molecule has 1 aromatic carbocycles. The van der Waals surface area contributed by atoms with Crippen molar-refractivity contribution in [3.05, 3.63) is 30.5 Å². The number of benzene rings is 1. The molecule has 5 heteroatoms. The van der Waals surface area contributed by atoms with Crippen LogP contribution in [0.15, 0.2) is 30.5 Å². The summed E-state index contributed by atoms with van der Waals surface area (Å²) in [6, 6.07) is 7.80. The molecule has 108 valence electrons. The van der Waals surface area contributed by atoms with Crippen molar-refractivity contribution in [3.8, 4) is 11.5 Å². The third kappa shape index (κ3) is 3.14. The number of piperidine rings is 1. The lowest BCUT2D eigenvalue weighted by atomic mass is 10.1. The molecule has 0 radical (unpaired) electrons. The Hall–Kier alpha value is -1.52. The zero-order valence-corrected chi connectivity index (χ0v) is 12.3. The van der Waals surface area contributed by atoms with Crippen LogP contribution in [0.4, 0.5) is 0 Å². The minimum absolute atomic E-state index is 0. The summed E-state index contributed by atoms with van der Waals surface area (Å²) in [5.41, 5.74) is 0.937. The zero-order valence-electron chi connectivity index (χ0n) is 11.5. The van der Waals surface area contributed by atoms with E-state index >= 15 is 0 Å². The number of methoxy groups -OCH3 is 1. The van der Waals surface area contributed by atoms with Gasteiger partial charge in [-0.2, -0.15) is 0 Å². The van der Waals surface area contributed by atoms with E-state index in [2.05, 4.69) is 10.3 Å². The molecule has 2 aromatic rings. The standard InChI is InChI=1S/C15H18N2O2.ClH/c1-18-12-2-3-14-13(10-12)15(6-9-17-14)19-11-4-7-16-8-5-11;/h2-3,6,9-11,16H,4-5,7-8H2,1H3;1H. The molecule has 0 amide bonds. The minimum Gasteiger partial charge on any atom is -0.497 e. The molecule has 0 unspecified atom stereocenters. The van der Waals surface area contributed by atoms with E-state index in [0.29, 0.717) is 0 Å². The number of pyridine rings is 1. The summed E-state index contributed by atoms with van der Waals surface area (Å²) in [4.78, 5) is 4.36. The van der Waals surface area contributed by atoms with E-state index in [9.17, 15) is 0 Å². The first-order valence-electron chi connectivity index (χ1n) is 6.67. The normalized spacial score (nSPS) is 15.7. The first kappa shape index (κ1) is 14.9. The maximum absolute atomic E-state index is 6.13. The Bertz CT molecular complexity index is 571. The molecule has 20 heavy (non-hydrogen) atoms. The van der Waals surface area contributed by atoms with Crippen LogP contribution >= 0.6 is 12.4 Å². The number of rotatable bonds is 3. The second-order valence-electron chi connectivity index (χ2n) is 4.76. The summed E-state index contributed by atoms with van der Waals surface area (Å²) < 4.78 is 11.4. The lowest BCUT2D eigenvalue weighted by molar-refractivity contribution is 0.164. The largest absolute Gasteiger partial charge is 0.497 e. The smallest absolute Gasteiger partial charge is 0.130 e. The van der Waals surface area contributed by atoms with E-state index < -0.39 is 0 Å². The second kappa shape index (κ2) is 6.77. The van der Waals surface area contributed by atoms with Crippen LogP contribution in [0.3, 0.4) is 0 Å². The van der Waals surface area contributed by atoms with E-state index in [1.807, 2.05) is 24.3 Å². The van der Waals surface area contributed by atoms with E-state index in [1.165, 1.54) is 0 Å². The quantitative estimate of drug-likeness (QED) is 0.945. The molecule has 0 aliphatic carbocycles. The summed E-state index contributed by atoms with van der Waals surface area (Å²) in [5, 5.41) is 4.36. The fourth-order valence-electron chi connectivity index (χ4n) is 2.42. The Labute approximate surface area is 124 Å². The summed E-state index contributed by atoms with van der Waals surface area (Å²) in [7, 11) is 1.67. The molecule has 1 N–H and O–H groups in total. The van der Waals surface area contributed by atoms with E-state index in [1.54, 1.807) is 13.3 Å². The van der Waals surface area contributed by atoms with Crippen molar-refractivity contribution in [1.29, 1.82) is 0 Å². The van der Waals surface area contributed by atoms with Crippen LogP contribution in [0, 0.1) is 0 Å². The number of halogens is 1. The molecule has 1 saturated heterocycles. The lowest BCUT2D eigenvalue weighted by Gasteiger charge is -2.24. The highest BCUT2D eigenvalue weighted by Gasteiger charge is 2.16. The second-order valence-corrected chi connectivity index (χ2v) is 4.76. The van der Waals surface area contributed by atoms with Crippen LogP contribution in [-0.4, -0.2) is 31.3 Å². The van der Waals surface area contributed by atoms with Crippen LogP contribution in [-0.2, 0) is 0 Å².